The fraction of sp³-hybridized carbons (Fsp3) is 0.400. The largest absolute Gasteiger partial charge is 0.444 e. The maximum atomic E-state index is 12.7. The van der Waals surface area contributed by atoms with Crippen molar-refractivity contribution in [1.29, 1.82) is 0 Å². The third-order valence-electron chi connectivity index (χ3n) is 5.58. The van der Waals surface area contributed by atoms with Crippen LogP contribution in [-0.2, 0) is 11.3 Å². The van der Waals surface area contributed by atoms with E-state index < -0.39 is 5.60 Å². The number of para-hydroxylation sites is 2. The molecule has 0 atom stereocenters. The lowest BCUT2D eigenvalue weighted by Gasteiger charge is -2.33. The van der Waals surface area contributed by atoms with Crippen LogP contribution in [0.4, 0.5) is 4.79 Å². The summed E-state index contributed by atoms with van der Waals surface area (Å²) in [4.78, 5) is 31.0. The van der Waals surface area contributed by atoms with E-state index in [-0.39, 0.29) is 18.0 Å². The first-order valence-corrected chi connectivity index (χ1v) is 11.1. The van der Waals surface area contributed by atoms with E-state index in [0.717, 1.165) is 29.4 Å². The number of nitrogens with one attached hydrogen (secondary N) is 1. The molecule has 2 heterocycles. The summed E-state index contributed by atoms with van der Waals surface area (Å²) in [5.41, 5.74) is 3.31. The summed E-state index contributed by atoms with van der Waals surface area (Å²) >= 11 is 0. The molecule has 2 amide bonds. The van der Waals surface area contributed by atoms with Crippen LogP contribution in [0.1, 0.15) is 49.5 Å². The summed E-state index contributed by atoms with van der Waals surface area (Å²) in [7, 11) is 0. The van der Waals surface area contributed by atoms with Gasteiger partial charge in [-0.05, 0) is 63.4 Å². The molecule has 1 saturated heterocycles. The topological polar surface area (TPSA) is 76.5 Å². The highest BCUT2D eigenvalue weighted by Gasteiger charge is 2.27. The molecule has 1 aliphatic rings. The number of nitrogens with zero attached hydrogens (tertiary/aromatic N) is 3. The van der Waals surface area contributed by atoms with Crippen LogP contribution in [0, 0.1) is 0 Å². The third-order valence-corrected chi connectivity index (χ3v) is 5.58. The Morgan fingerprint density at radius 3 is 2.44 bits per heavy atom. The van der Waals surface area contributed by atoms with Gasteiger partial charge in [0.1, 0.15) is 5.60 Å². The zero-order valence-electron chi connectivity index (χ0n) is 18.9. The van der Waals surface area contributed by atoms with Gasteiger partial charge in [0.25, 0.3) is 5.91 Å². The number of aromatic nitrogens is 2. The molecule has 0 aliphatic carbocycles. The number of likely N-dealkylation sites (tertiary alicyclic amines) is 1. The van der Waals surface area contributed by atoms with Crippen molar-refractivity contribution in [2.24, 2.45) is 0 Å². The van der Waals surface area contributed by atoms with Crippen molar-refractivity contribution in [2.45, 2.75) is 51.8 Å². The molecule has 32 heavy (non-hydrogen) atoms. The van der Waals surface area contributed by atoms with Gasteiger partial charge < -0.3 is 19.5 Å². The molecule has 4 rings (SSSR count). The lowest BCUT2D eigenvalue weighted by molar-refractivity contribution is 0.0199. The number of ether oxygens (including phenoxy) is 1. The molecule has 0 radical (unpaired) electrons. The number of fused-ring (bicyclic) bond motifs is 1. The first-order valence-electron chi connectivity index (χ1n) is 11.1. The number of amides is 2. The Labute approximate surface area is 188 Å². The lowest BCUT2D eigenvalue weighted by atomic mass is 10.0. The van der Waals surface area contributed by atoms with E-state index in [9.17, 15) is 9.59 Å². The molecule has 3 aromatic rings. The van der Waals surface area contributed by atoms with Crippen LogP contribution in [0.25, 0.3) is 11.0 Å². The Hall–Kier alpha value is -3.35. The molecule has 1 aliphatic heterocycles. The van der Waals surface area contributed by atoms with Gasteiger partial charge in [-0.2, -0.15) is 0 Å². The molecule has 2 aromatic carbocycles. The van der Waals surface area contributed by atoms with Gasteiger partial charge in [-0.25, -0.2) is 9.78 Å². The summed E-state index contributed by atoms with van der Waals surface area (Å²) in [6, 6.07) is 15.8. The highest BCUT2D eigenvalue weighted by Crippen LogP contribution is 2.17. The van der Waals surface area contributed by atoms with Crippen LogP contribution < -0.4 is 5.32 Å². The van der Waals surface area contributed by atoms with E-state index in [4.69, 9.17) is 4.74 Å². The van der Waals surface area contributed by atoms with Crippen molar-refractivity contribution in [2.75, 3.05) is 13.1 Å². The van der Waals surface area contributed by atoms with Crippen molar-refractivity contribution in [3.63, 3.8) is 0 Å². The Kier molecular flexibility index (Phi) is 6.17. The van der Waals surface area contributed by atoms with E-state index in [1.807, 2.05) is 69.6 Å². The van der Waals surface area contributed by atoms with Crippen LogP contribution in [0.15, 0.2) is 54.9 Å². The van der Waals surface area contributed by atoms with Gasteiger partial charge in [-0.1, -0.05) is 24.3 Å². The fourth-order valence-electron chi connectivity index (χ4n) is 3.90. The van der Waals surface area contributed by atoms with Gasteiger partial charge in [-0.3, -0.25) is 4.79 Å². The molecule has 168 valence electrons. The van der Waals surface area contributed by atoms with Gasteiger partial charge in [0.15, 0.2) is 0 Å². The lowest BCUT2D eigenvalue weighted by Crippen LogP contribution is -2.47. The summed E-state index contributed by atoms with van der Waals surface area (Å²) in [5, 5.41) is 3.10. The maximum absolute atomic E-state index is 12.7. The van der Waals surface area contributed by atoms with Gasteiger partial charge in [0, 0.05) is 31.2 Å². The second-order valence-electron chi connectivity index (χ2n) is 9.27. The Bertz CT molecular complexity index is 1090. The van der Waals surface area contributed by atoms with E-state index in [2.05, 4.69) is 20.9 Å². The van der Waals surface area contributed by atoms with Gasteiger partial charge in [0.05, 0.1) is 17.4 Å². The minimum Gasteiger partial charge on any atom is -0.444 e. The zero-order valence-corrected chi connectivity index (χ0v) is 18.9. The normalized spacial score (nSPS) is 15.0. The summed E-state index contributed by atoms with van der Waals surface area (Å²) in [5.74, 6) is -0.0830. The number of hydrogen-bond acceptors (Lipinski definition) is 4. The summed E-state index contributed by atoms with van der Waals surface area (Å²) < 4.78 is 7.53. The van der Waals surface area contributed by atoms with Crippen LogP contribution in [0.3, 0.4) is 0 Å². The zero-order chi connectivity index (χ0) is 22.7. The molecule has 0 saturated carbocycles. The smallest absolute Gasteiger partial charge is 0.410 e. The molecular weight excluding hydrogens is 404 g/mol. The average Bonchev–Trinajstić information content (AvgIpc) is 3.16. The molecule has 1 N–H and O–H groups in total. The van der Waals surface area contributed by atoms with Crippen molar-refractivity contribution in [3.8, 4) is 0 Å². The van der Waals surface area contributed by atoms with Gasteiger partial charge in [-0.15, -0.1) is 0 Å². The first-order chi connectivity index (χ1) is 15.3. The number of hydrogen-bond donors (Lipinski definition) is 1. The van der Waals surface area contributed by atoms with Crippen LogP contribution >= 0.6 is 0 Å². The number of imidazole rings is 1. The standard InChI is InChI=1S/C25H30N4O3/c1-25(2,3)32-24(31)28-14-12-20(13-15-28)27-23(30)19-10-8-18(9-11-19)16-29-17-26-21-6-4-5-7-22(21)29/h4-11,17,20H,12-16H2,1-3H3,(H,27,30). The fourth-order valence-corrected chi connectivity index (χ4v) is 3.90. The molecule has 0 spiro atoms. The predicted molar refractivity (Wildman–Crippen MR) is 124 cm³/mol. The molecule has 0 bridgehead atoms. The van der Waals surface area contributed by atoms with E-state index >= 15 is 0 Å². The Balaban J connectivity index is 1.29. The highest BCUT2D eigenvalue weighted by atomic mass is 16.6. The number of rotatable bonds is 4. The van der Waals surface area contributed by atoms with Gasteiger partial charge in [0.2, 0.25) is 0 Å². The molecule has 0 unspecified atom stereocenters. The predicted octanol–water partition coefficient (Wildman–Crippen LogP) is 4.21. The van der Waals surface area contributed by atoms with E-state index in [0.29, 0.717) is 25.2 Å². The van der Waals surface area contributed by atoms with Crippen LogP contribution in [0.5, 0.6) is 0 Å². The molecule has 7 nitrogen and oxygen atoms in total. The third kappa shape index (κ3) is 5.28. The molecule has 1 aromatic heterocycles. The second kappa shape index (κ2) is 9.02. The quantitative estimate of drug-likeness (QED) is 0.667. The summed E-state index contributed by atoms with van der Waals surface area (Å²) in [6.07, 6.45) is 2.99. The monoisotopic (exact) mass is 434 g/mol. The van der Waals surface area contributed by atoms with E-state index in [1.54, 1.807) is 4.90 Å². The molecular formula is C25H30N4O3. The number of piperidine rings is 1. The maximum Gasteiger partial charge on any atom is 0.410 e. The molecule has 7 heteroatoms. The molecule has 1 fully saturated rings. The second-order valence-corrected chi connectivity index (χ2v) is 9.27. The SMILES string of the molecule is CC(C)(C)OC(=O)N1CCC(NC(=O)c2ccc(Cn3cnc4ccccc43)cc2)CC1. The Morgan fingerprint density at radius 2 is 1.75 bits per heavy atom. The number of carbonyl (C=O) groups excluding carboxylic acids is 2. The van der Waals surface area contributed by atoms with E-state index in [1.165, 1.54) is 0 Å². The van der Waals surface area contributed by atoms with Crippen LogP contribution in [-0.4, -0.2) is 51.2 Å². The van der Waals surface area contributed by atoms with Crippen molar-refractivity contribution in [3.05, 3.63) is 66.0 Å². The van der Waals surface area contributed by atoms with Crippen LogP contribution in [0.2, 0.25) is 0 Å². The summed E-state index contributed by atoms with van der Waals surface area (Å²) in [6.45, 7) is 7.45. The number of carbonyl (C=O) groups is 2. The first kappa shape index (κ1) is 21.9. The average molecular weight is 435 g/mol. The van der Waals surface area contributed by atoms with Gasteiger partial charge >= 0.3 is 6.09 Å². The minimum atomic E-state index is -0.501. The minimum absolute atomic E-state index is 0.0539. The van der Waals surface area contributed by atoms with Crippen molar-refractivity contribution >= 4 is 23.0 Å². The van der Waals surface area contributed by atoms with Crippen molar-refractivity contribution in [1.82, 2.24) is 19.8 Å². The Morgan fingerprint density at radius 1 is 1.06 bits per heavy atom. The highest BCUT2D eigenvalue weighted by molar-refractivity contribution is 5.94. The number of benzene rings is 2. The van der Waals surface area contributed by atoms with Crippen molar-refractivity contribution < 1.29 is 14.3 Å².